The summed E-state index contributed by atoms with van der Waals surface area (Å²) in [4.78, 5) is 23.6. The van der Waals surface area contributed by atoms with Crippen LogP contribution in [-0.2, 0) is 4.79 Å². The topological polar surface area (TPSA) is 64.1 Å². The molecule has 0 atom stereocenters. The van der Waals surface area contributed by atoms with Crippen molar-refractivity contribution < 1.29 is 9.53 Å². The summed E-state index contributed by atoms with van der Waals surface area (Å²) < 4.78 is 5.41. The van der Waals surface area contributed by atoms with Crippen LogP contribution in [0, 0.1) is 20.8 Å². The fourth-order valence-electron chi connectivity index (χ4n) is 2.55. The zero-order valence-corrected chi connectivity index (χ0v) is 16.9. The van der Waals surface area contributed by atoms with E-state index < -0.39 is 0 Å². The Hall–Kier alpha value is -2.12. The molecule has 0 fully saturated rings. The molecule has 1 N–H and O–H groups in total. The van der Waals surface area contributed by atoms with Gasteiger partial charge in [-0.2, -0.15) is 0 Å². The highest BCUT2D eigenvalue weighted by Crippen LogP contribution is 2.35. The smallest absolute Gasteiger partial charge is 0.234 e. The van der Waals surface area contributed by atoms with Gasteiger partial charge in [-0.1, -0.05) is 11.8 Å². The third kappa shape index (κ3) is 4.16. The number of anilines is 1. The van der Waals surface area contributed by atoms with Crippen LogP contribution in [0.2, 0.25) is 0 Å². The van der Waals surface area contributed by atoms with Gasteiger partial charge in [0, 0.05) is 16.0 Å². The maximum Gasteiger partial charge on any atom is 0.234 e. The van der Waals surface area contributed by atoms with E-state index in [2.05, 4.69) is 29.1 Å². The van der Waals surface area contributed by atoms with Crippen molar-refractivity contribution in [1.82, 2.24) is 9.97 Å². The number of carbonyl (C=O) groups is 1. The van der Waals surface area contributed by atoms with Crippen LogP contribution in [0.15, 0.2) is 29.3 Å². The number of aryl methyl sites for hydroxylation is 3. The second-order valence-corrected chi connectivity index (χ2v) is 8.00. The van der Waals surface area contributed by atoms with Gasteiger partial charge in [-0.05, 0) is 57.5 Å². The number of nitrogens with one attached hydrogen (secondary N) is 1. The van der Waals surface area contributed by atoms with Crippen molar-refractivity contribution in [2.45, 2.75) is 32.7 Å². The van der Waals surface area contributed by atoms with Gasteiger partial charge in [-0.3, -0.25) is 4.79 Å². The van der Waals surface area contributed by atoms with Gasteiger partial charge in [0.25, 0.3) is 0 Å². The standard InChI is InChI=1S/C19H21N3O2S2/c1-5-24-15-8-6-14(7-9-15)22-16(23)10-25-18-17-11(2)12(3)26-19(17)21-13(4)20-18/h6-9H,5,10H2,1-4H3,(H,22,23). The van der Waals surface area contributed by atoms with E-state index in [4.69, 9.17) is 4.74 Å². The summed E-state index contributed by atoms with van der Waals surface area (Å²) >= 11 is 3.12. The molecule has 0 saturated carbocycles. The van der Waals surface area contributed by atoms with Crippen LogP contribution in [0.3, 0.4) is 0 Å². The lowest BCUT2D eigenvalue weighted by Gasteiger charge is -2.08. The van der Waals surface area contributed by atoms with Crippen molar-refractivity contribution in [1.29, 1.82) is 0 Å². The lowest BCUT2D eigenvalue weighted by molar-refractivity contribution is -0.113. The maximum atomic E-state index is 12.3. The third-order valence-corrected chi connectivity index (χ3v) is 5.97. The number of carbonyl (C=O) groups excluding carboxylic acids is 1. The number of nitrogens with zero attached hydrogens (tertiary/aromatic N) is 2. The molecule has 136 valence electrons. The number of ether oxygens (including phenoxy) is 1. The van der Waals surface area contributed by atoms with Crippen LogP contribution in [0.25, 0.3) is 10.2 Å². The Morgan fingerprint density at radius 3 is 2.62 bits per heavy atom. The molecule has 26 heavy (non-hydrogen) atoms. The van der Waals surface area contributed by atoms with Crippen LogP contribution < -0.4 is 10.1 Å². The number of benzene rings is 1. The highest BCUT2D eigenvalue weighted by Gasteiger charge is 2.15. The molecule has 3 aromatic rings. The van der Waals surface area contributed by atoms with Gasteiger partial charge < -0.3 is 10.1 Å². The number of thioether (sulfide) groups is 1. The van der Waals surface area contributed by atoms with E-state index in [0.717, 1.165) is 32.5 Å². The lowest BCUT2D eigenvalue weighted by Crippen LogP contribution is -2.14. The highest BCUT2D eigenvalue weighted by molar-refractivity contribution is 8.00. The molecule has 2 aromatic heterocycles. The number of rotatable bonds is 6. The van der Waals surface area contributed by atoms with E-state index >= 15 is 0 Å². The fourth-order valence-corrected chi connectivity index (χ4v) is 4.62. The van der Waals surface area contributed by atoms with E-state index in [-0.39, 0.29) is 5.91 Å². The summed E-state index contributed by atoms with van der Waals surface area (Å²) in [5.74, 6) is 1.76. The maximum absolute atomic E-state index is 12.3. The van der Waals surface area contributed by atoms with Crippen molar-refractivity contribution in [2.75, 3.05) is 17.7 Å². The van der Waals surface area contributed by atoms with Crippen molar-refractivity contribution in [3.8, 4) is 5.75 Å². The molecule has 0 radical (unpaired) electrons. The van der Waals surface area contributed by atoms with Gasteiger partial charge in [-0.15, -0.1) is 11.3 Å². The second kappa shape index (κ2) is 8.05. The first-order valence-electron chi connectivity index (χ1n) is 8.37. The summed E-state index contributed by atoms with van der Waals surface area (Å²) in [5, 5.41) is 4.85. The molecule has 5 nitrogen and oxygen atoms in total. The lowest BCUT2D eigenvalue weighted by atomic mass is 10.2. The Morgan fingerprint density at radius 1 is 1.19 bits per heavy atom. The molecule has 1 aromatic carbocycles. The molecule has 0 unspecified atom stereocenters. The van der Waals surface area contributed by atoms with E-state index in [1.807, 2.05) is 38.1 Å². The Bertz CT molecular complexity index is 936. The number of fused-ring (bicyclic) bond motifs is 1. The summed E-state index contributed by atoms with van der Waals surface area (Å²) in [6.45, 7) is 8.61. The zero-order chi connectivity index (χ0) is 18.7. The number of amides is 1. The quantitative estimate of drug-likeness (QED) is 0.489. The molecule has 1 amide bonds. The molecule has 2 heterocycles. The summed E-state index contributed by atoms with van der Waals surface area (Å²) in [6, 6.07) is 7.38. The average Bonchev–Trinajstić information content (AvgIpc) is 2.89. The molecule has 0 aliphatic heterocycles. The SMILES string of the molecule is CCOc1ccc(NC(=O)CSc2nc(C)nc3sc(C)c(C)c23)cc1. The normalized spacial score (nSPS) is 10.9. The molecule has 3 rings (SSSR count). The minimum absolute atomic E-state index is 0.0619. The van der Waals surface area contributed by atoms with Crippen LogP contribution in [0.4, 0.5) is 5.69 Å². The van der Waals surface area contributed by atoms with Gasteiger partial charge in [0.2, 0.25) is 5.91 Å². The molecule has 0 saturated heterocycles. The summed E-state index contributed by atoms with van der Waals surface area (Å²) in [7, 11) is 0. The first kappa shape index (κ1) is 18.7. The van der Waals surface area contributed by atoms with Gasteiger partial charge in [0.1, 0.15) is 21.4 Å². The monoisotopic (exact) mass is 387 g/mol. The third-order valence-electron chi connectivity index (χ3n) is 3.90. The molecular formula is C19H21N3O2S2. The Labute approximate surface area is 161 Å². The molecule has 0 aliphatic rings. The Kier molecular flexibility index (Phi) is 5.78. The molecule has 7 heteroatoms. The van der Waals surface area contributed by atoms with Crippen molar-refractivity contribution in [3.05, 3.63) is 40.5 Å². The van der Waals surface area contributed by atoms with Crippen molar-refractivity contribution in [3.63, 3.8) is 0 Å². The summed E-state index contributed by atoms with van der Waals surface area (Å²) in [5.41, 5.74) is 1.95. The minimum atomic E-state index is -0.0619. The largest absolute Gasteiger partial charge is 0.494 e. The number of hydrogen-bond donors (Lipinski definition) is 1. The molecule has 0 bridgehead atoms. The van der Waals surface area contributed by atoms with E-state index in [0.29, 0.717) is 12.4 Å². The second-order valence-electron chi connectivity index (χ2n) is 5.83. The van der Waals surface area contributed by atoms with Gasteiger partial charge in [0.05, 0.1) is 12.4 Å². The van der Waals surface area contributed by atoms with E-state index in [1.165, 1.54) is 22.2 Å². The van der Waals surface area contributed by atoms with Crippen LogP contribution in [0.5, 0.6) is 5.75 Å². The highest BCUT2D eigenvalue weighted by atomic mass is 32.2. The number of aromatic nitrogens is 2. The van der Waals surface area contributed by atoms with Crippen LogP contribution in [-0.4, -0.2) is 28.2 Å². The van der Waals surface area contributed by atoms with Crippen molar-refractivity contribution in [2.24, 2.45) is 0 Å². The molecule has 0 aliphatic carbocycles. The van der Waals surface area contributed by atoms with Crippen LogP contribution in [0.1, 0.15) is 23.2 Å². The van der Waals surface area contributed by atoms with Crippen LogP contribution >= 0.6 is 23.1 Å². The first-order chi connectivity index (χ1) is 12.5. The minimum Gasteiger partial charge on any atom is -0.494 e. The molecule has 0 spiro atoms. The predicted octanol–water partition coefficient (Wildman–Crippen LogP) is 4.75. The Morgan fingerprint density at radius 2 is 1.92 bits per heavy atom. The number of hydrogen-bond acceptors (Lipinski definition) is 6. The first-order valence-corrected chi connectivity index (χ1v) is 10.2. The predicted molar refractivity (Wildman–Crippen MR) is 109 cm³/mol. The van der Waals surface area contributed by atoms with E-state index in [1.54, 1.807) is 11.3 Å². The summed E-state index contributed by atoms with van der Waals surface area (Å²) in [6.07, 6.45) is 0. The zero-order valence-electron chi connectivity index (χ0n) is 15.3. The van der Waals surface area contributed by atoms with Gasteiger partial charge >= 0.3 is 0 Å². The van der Waals surface area contributed by atoms with Crippen molar-refractivity contribution >= 4 is 44.9 Å². The average molecular weight is 388 g/mol. The molecular weight excluding hydrogens is 366 g/mol. The van der Waals surface area contributed by atoms with Gasteiger partial charge in [-0.25, -0.2) is 9.97 Å². The fraction of sp³-hybridized carbons (Fsp3) is 0.316. The van der Waals surface area contributed by atoms with Gasteiger partial charge in [0.15, 0.2) is 0 Å². The number of thiophene rings is 1. The Balaban J connectivity index is 1.69. The van der Waals surface area contributed by atoms with E-state index in [9.17, 15) is 4.79 Å².